The van der Waals surface area contributed by atoms with Crippen LogP contribution in [0.15, 0.2) is 46.9 Å². The van der Waals surface area contributed by atoms with E-state index >= 15 is 0 Å². The van der Waals surface area contributed by atoms with Crippen LogP contribution in [-0.4, -0.2) is 20.6 Å². The maximum absolute atomic E-state index is 7.35. The molecule has 0 aromatic carbocycles. The van der Waals surface area contributed by atoms with Crippen molar-refractivity contribution in [2.24, 2.45) is 24.3 Å². The lowest BCUT2D eigenvalue weighted by Gasteiger charge is -1.97. The predicted octanol–water partition coefficient (Wildman–Crippen LogP) is 0.766. The van der Waals surface area contributed by atoms with E-state index in [0.717, 1.165) is 11.3 Å². The van der Waals surface area contributed by atoms with Crippen LogP contribution in [0, 0.1) is 5.41 Å². The maximum Gasteiger partial charge on any atom is 0.229 e. The van der Waals surface area contributed by atoms with Gasteiger partial charge in [-0.2, -0.15) is 0 Å². The smallest absolute Gasteiger partial charge is 0.229 e. The first kappa shape index (κ1) is 10.4. The van der Waals surface area contributed by atoms with Crippen LogP contribution in [0.25, 0.3) is 0 Å². The van der Waals surface area contributed by atoms with Crippen molar-refractivity contribution in [3.8, 4) is 0 Å². The highest BCUT2D eigenvalue weighted by Gasteiger charge is 1.96. The van der Waals surface area contributed by atoms with Crippen molar-refractivity contribution >= 4 is 11.4 Å². The number of aromatic nitrogens is 2. The minimum Gasteiger partial charge on any atom is -0.319 e. The van der Waals surface area contributed by atoms with Crippen LogP contribution in [0.1, 0.15) is 0 Å². The third-order valence-corrected chi connectivity index (χ3v) is 2.27. The quantitative estimate of drug-likeness (QED) is 0.531. The second-order valence-corrected chi connectivity index (χ2v) is 3.57. The number of nitrogens with one attached hydrogen (secondary N) is 1. The summed E-state index contributed by atoms with van der Waals surface area (Å²) in [7, 11) is 3.84. The molecule has 0 atom stereocenters. The van der Waals surface area contributed by atoms with Crippen molar-refractivity contribution in [2.75, 3.05) is 0 Å². The number of imidazole rings is 1. The Morgan fingerprint density at radius 1 is 0.938 bits per heavy atom. The molecule has 0 spiro atoms. The Balaban J connectivity index is 2.34. The molecule has 0 bridgehead atoms. The summed E-state index contributed by atoms with van der Waals surface area (Å²) in [5.41, 5.74) is 2.00. The van der Waals surface area contributed by atoms with Gasteiger partial charge in [0, 0.05) is 26.5 Å². The first-order valence-electron chi connectivity index (χ1n) is 4.91. The lowest BCUT2D eigenvalue weighted by atomic mass is 10.1. The van der Waals surface area contributed by atoms with Gasteiger partial charge < -0.3 is 14.5 Å². The molecule has 0 saturated heterocycles. The van der Waals surface area contributed by atoms with E-state index in [9.17, 15) is 0 Å². The van der Waals surface area contributed by atoms with Crippen molar-refractivity contribution in [2.45, 2.75) is 0 Å². The minimum atomic E-state index is 0.475. The van der Waals surface area contributed by atoms with Crippen LogP contribution in [-0.2, 0) is 14.1 Å². The highest BCUT2D eigenvalue weighted by atomic mass is 15.3. The van der Waals surface area contributed by atoms with Gasteiger partial charge in [-0.15, -0.1) is 10.2 Å². The fraction of sp³-hybridized carbons (Fsp3) is 0.182. The number of aryl methyl sites for hydroxylation is 2. The normalized spacial score (nSPS) is 14.4. The van der Waals surface area contributed by atoms with Gasteiger partial charge in [-0.3, -0.25) is 0 Å². The predicted molar refractivity (Wildman–Crippen MR) is 63.4 cm³/mol. The summed E-state index contributed by atoms with van der Waals surface area (Å²) in [5, 5.41) is 15.6. The van der Waals surface area contributed by atoms with E-state index < -0.39 is 0 Å². The highest BCUT2D eigenvalue weighted by Crippen LogP contribution is 1.95. The van der Waals surface area contributed by atoms with Gasteiger partial charge in [0.15, 0.2) is 0 Å². The average molecular weight is 215 g/mol. The van der Waals surface area contributed by atoms with E-state index in [1.165, 1.54) is 0 Å². The van der Waals surface area contributed by atoms with Crippen molar-refractivity contribution in [3.05, 3.63) is 42.3 Å². The van der Waals surface area contributed by atoms with Crippen LogP contribution in [0.2, 0.25) is 0 Å². The van der Waals surface area contributed by atoms with Crippen molar-refractivity contribution in [1.29, 1.82) is 5.41 Å². The number of nitrogens with zero attached hydrogens (tertiary/aromatic N) is 4. The summed E-state index contributed by atoms with van der Waals surface area (Å²) in [6.07, 6.45) is 10.8. The van der Waals surface area contributed by atoms with Crippen LogP contribution in [0.5, 0.6) is 0 Å². The molecule has 1 N–H and O–H groups in total. The molecular weight excluding hydrogens is 202 g/mol. The summed E-state index contributed by atoms with van der Waals surface area (Å²) >= 11 is 0. The molecule has 0 saturated carbocycles. The molecule has 0 unspecified atom stereocenters. The van der Waals surface area contributed by atoms with E-state index in [2.05, 4.69) is 10.2 Å². The molecule has 1 aliphatic rings. The molecule has 0 radical (unpaired) electrons. The molecule has 0 amide bonds. The van der Waals surface area contributed by atoms with Crippen LogP contribution < -0.4 is 5.62 Å². The Kier molecular flexibility index (Phi) is 2.68. The fourth-order valence-electron chi connectivity index (χ4n) is 1.35. The zero-order valence-electron chi connectivity index (χ0n) is 9.25. The third kappa shape index (κ3) is 2.08. The monoisotopic (exact) mass is 215 g/mol. The van der Waals surface area contributed by atoms with Crippen molar-refractivity contribution in [1.82, 2.24) is 9.13 Å². The topological polar surface area (TPSA) is 58.4 Å². The zero-order chi connectivity index (χ0) is 11.5. The molecular formula is C11H13N5. The Morgan fingerprint density at radius 2 is 1.50 bits per heavy atom. The molecule has 1 aromatic heterocycles. The van der Waals surface area contributed by atoms with Gasteiger partial charge in [0.1, 0.15) is 0 Å². The highest BCUT2D eigenvalue weighted by molar-refractivity contribution is 6.17. The number of rotatable bonds is 1. The first-order chi connectivity index (χ1) is 7.66. The van der Waals surface area contributed by atoms with Crippen LogP contribution in [0.4, 0.5) is 0 Å². The number of hydrogen-bond donors (Lipinski definition) is 1. The molecule has 1 heterocycles. The molecule has 2 rings (SSSR count). The third-order valence-electron chi connectivity index (χ3n) is 2.27. The summed E-state index contributed by atoms with van der Waals surface area (Å²) in [6, 6.07) is 0. The van der Waals surface area contributed by atoms with Crippen LogP contribution >= 0.6 is 0 Å². The van der Waals surface area contributed by atoms with Gasteiger partial charge >= 0.3 is 0 Å². The molecule has 1 aromatic rings. The van der Waals surface area contributed by atoms with Crippen molar-refractivity contribution < 1.29 is 0 Å². The van der Waals surface area contributed by atoms with Crippen molar-refractivity contribution in [3.63, 3.8) is 0 Å². The Bertz CT molecular complexity index is 525. The number of allylic oxidation sites excluding steroid dienone is 4. The van der Waals surface area contributed by atoms with Gasteiger partial charge in [0.05, 0.1) is 11.4 Å². The van der Waals surface area contributed by atoms with E-state index in [1.807, 2.05) is 35.6 Å². The lowest BCUT2D eigenvalue weighted by Crippen LogP contribution is -2.21. The van der Waals surface area contributed by atoms with E-state index in [0.29, 0.717) is 5.71 Å². The lowest BCUT2D eigenvalue weighted by molar-refractivity contribution is 0.728. The summed E-state index contributed by atoms with van der Waals surface area (Å²) < 4.78 is 3.78. The molecule has 0 fully saturated rings. The summed E-state index contributed by atoms with van der Waals surface area (Å²) in [6.45, 7) is 0. The second kappa shape index (κ2) is 4.14. The van der Waals surface area contributed by atoms with E-state index in [1.54, 1.807) is 24.3 Å². The summed E-state index contributed by atoms with van der Waals surface area (Å²) in [4.78, 5) is 0. The fourth-order valence-corrected chi connectivity index (χ4v) is 1.35. The molecule has 82 valence electrons. The van der Waals surface area contributed by atoms with Gasteiger partial charge in [-0.25, -0.2) is 0 Å². The first-order valence-corrected chi connectivity index (χ1v) is 4.91. The Labute approximate surface area is 93.3 Å². The molecule has 0 aliphatic heterocycles. The Hall–Kier alpha value is -2.17. The van der Waals surface area contributed by atoms with E-state index in [4.69, 9.17) is 5.41 Å². The largest absolute Gasteiger partial charge is 0.319 e. The van der Waals surface area contributed by atoms with Gasteiger partial charge in [0.2, 0.25) is 5.62 Å². The van der Waals surface area contributed by atoms with Gasteiger partial charge in [-0.1, -0.05) is 0 Å². The standard InChI is InChI=1S/C11H13N5/c1-15-7-8-16(2)11(15)14-13-10-5-3-9(12)4-6-10/h3-8,12H,1-2H3. The molecule has 1 aliphatic carbocycles. The van der Waals surface area contributed by atoms with Gasteiger partial charge in [0.25, 0.3) is 0 Å². The Morgan fingerprint density at radius 3 is 2.06 bits per heavy atom. The molecule has 5 nitrogen and oxygen atoms in total. The van der Waals surface area contributed by atoms with E-state index in [-0.39, 0.29) is 0 Å². The average Bonchev–Trinajstić information content (AvgIpc) is 2.59. The second-order valence-electron chi connectivity index (χ2n) is 3.57. The number of hydrogen-bond acceptors (Lipinski definition) is 3. The summed E-state index contributed by atoms with van der Waals surface area (Å²) in [5.74, 6) is 0. The van der Waals surface area contributed by atoms with Gasteiger partial charge in [-0.05, 0) is 24.3 Å². The molecule has 16 heavy (non-hydrogen) atoms. The maximum atomic E-state index is 7.35. The zero-order valence-corrected chi connectivity index (χ0v) is 9.25. The van der Waals surface area contributed by atoms with Crippen LogP contribution in [0.3, 0.4) is 0 Å². The molecule has 5 heteroatoms. The SMILES string of the molecule is Cn1ccn(C)c1=NN=C1C=CC(=N)C=C1. The minimum absolute atomic E-state index is 0.475.